The van der Waals surface area contributed by atoms with E-state index in [1.165, 1.54) is 11.1 Å². The highest BCUT2D eigenvalue weighted by molar-refractivity contribution is 7.59. The van der Waals surface area contributed by atoms with Crippen molar-refractivity contribution in [1.82, 2.24) is 5.32 Å². The van der Waals surface area contributed by atoms with E-state index in [-0.39, 0.29) is 44.6 Å². The van der Waals surface area contributed by atoms with Gasteiger partial charge in [0, 0.05) is 25.3 Å². The largest absolute Gasteiger partial charge is 0.449 e. The van der Waals surface area contributed by atoms with Crippen molar-refractivity contribution in [2.45, 2.75) is 37.6 Å². The molecule has 1 aliphatic carbocycles. The van der Waals surface area contributed by atoms with Crippen molar-refractivity contribution in [2.24, 2.45) is 11.5 Å². The average Bonchev–Trinajstić information content (AvgIpc) is 3.07. The van der Waals surface area contributed by atoms with E-state index in [0.29, 0.717) is 19.4 Å². The second-order valence-electron chi connectivity index (χ2n) is 7.43. The first kappa shape index (κ1) is 24.4. The molecular weight excluding hydrogens is 414 g/mol. The van der Waals surface area contributed by atoms with Gasteiger partial charge in [0.05, 0.1) is 6.04 Å². The Labute approximate surface area is 189 Å². The molecule has 0 heterocycles. The van der Waals surface area contributed by atoms with E-state index < -0.39 is 18.0 Å². The van der Waals surface area contributed by atoms with Crippen LogP contribution in [0.15, 0.2) is 48.5 Å². The molecule has 0 saturated heterocycles. The highest BCUT2D eigenvalue weighted by Crippen LogP contribution is 2.44. The van der Waals surface area contributed by atoms with E-state index in [4.69, 9.17) is 16.2 Å². The summed E-state index contributed by atoms with van der Waals surface area (Å²) in [5.74, 6) is -0.707. The van der Waals surface area contributed by atoms with Gasteiger partial charge >= 0.3 is 6.09 Å². The summed E-state index contributed by atoms with van der Waals surface area (Å²) in [5, 5.41) is 2.70. The Morgan fingerprint density at radius 2 is 1.55 bits per heavy atom. The Morgan fingerprint density at radius 1 is 0.968 bits per heavy atom. The number of carbonyl (C=O) groups is 3. The van der Waals surface area contributed by atoms with Gasteiger partial charge in [0.25, 0.3) is 0 Å². The molecule has 166 valence electrons. The monoisotopic (exact) mass is 443 g/mol. The van der Waals surface area contributed by atoms with E-state index >= 15 is 0 Å². The molecule has 7 nitrogen and oxygen atoms in total. The van der Waals surface area contributed by atoms with Crippen LogP contribution in [-0.2, 0) is 14.3 Å². The molecule has 1 aliphatic rings. The molecule has 0 unspecified atom stereocenters. The van der Waals surface area contributed by atoms with Gasteiger partial charge in [-0.05, 0) is 35.1 Å². The minimum absolute atomic E-state index is 0. The molecule has 0 aromatic heterocycles. The number of primary amides is 1. The Hall–Kier alpha value is -2.84. The van der Waals surface area contributed by atoms with Crippen LogP contribution >= 0.6 is 13.5 Å². The number of hydrogen-bond acceptors (Lipinski definition) is 5. The second kappa shape index (κ2) is 11.5. The van der Waals surface area contributed by atoms with Crippen LogP contribution in [0.3, 0.4) is 0 Å². The van der Waals surface area contributed by atoms with Crippen molar-refractivity contribution >= 4 is 31.3 Å². The van der Waals surface area contributed by atoms with Crippen LogP contribution in [0.4, 0.5) is 4.79 Å². The van der Waals surface area contributed by atoms with Crippen LogP contribution in [0.25, 0.3) is 11.1 Å². The summed E-state index contributed by atoms with van der Waals surface area (Å²) < 4.78 is 5.46. The van der Waals surface area contributed by atoms with E-state index in [1.54, 1.807) is 0 Å². The number of rotatable bonds is 10. The number of nitrogens with two attached hydrogens (primary N) is 2. The molecule has 0 fully saturated rings. The van der Waals surface area contributed by atoms with Gasteiger partial charge in [0.2, 0.25) is 5.91 Å². The van der Waals surface area contributed by atoms with Crippen molar-refractivity contribution in [3.63, 3.8) is 0 Å². The lowest BCUT2D eigenvalue weighted by molar-refractivity contribution is -0.124. The van der Waals surface area contributed by atoms with Crippen LogP contribution in [0.5, 0.6) is 0 Å². The highest BCUT2D eigenvalue weighted by Gasteiger charge is 2.28. The summed E-state index contributed by atoms with van der Waals surface area (Å²) in [6, 6.07) is 15.6. The first-order chi connectivity index (χ1) is 14.5. The SMILES string of the molecule is NC(=O)CCC(=O)[C@@H](N)CCCNC(=O)OCC1c2ccccc2-c2ccccc21.S. The van der Waals surface area contributed by atoms with Crippen molar-refractivity contribution < 1.29 is 19.1 Å². The van der Waals surface area contributed by atoms with Gasteiger partial charge in [-0.25, -0.2) is 4.79 Å². The van der Waals surface area contributed by atoms with Crippen molar-refractivity contribution in [3.8, 4) is 11.1 Å². The van der Waals surface area contributed by atoms with Crippen LogP contribution < -0.4 is 16.8 Å². The van der Waals surface area contributed by atoms with Crippen molar-refractivity contribution in [1.29, 1.82) is 0 Å². The van der Waals surface area contributed by atoms with E-state index in [2.05, 4.69) is 29.6 Å². The molecule has 2 aromatic rings. The zero-order valence-corrected chi connectivity index (χ0v) is 18.3. The zero-order chi connectivity index (χ0) is 21.5. The van der Waals surface area contributed by atoms with Crippen molar-refractivity contribution in [2.75, 3.05) is 13.2 Å². The number of benzene rings is 2. The summed E-state index contributed by atoms with van der Waals surface area (Å²) >= 11 is 0. The Balaban J connectivity index is 0.00000341. The molecule has 5 N–H and O–H groups in total. The Bertz CT molecular complexity index is 889. The zero-order valence-electron chi connectivity index (χ0n) is 17.3. The van der Waals surface area contributed by atoms with Gasteiger partial charge in [-0.2, -0.15) is 13.5 Å². The Morgan fingerprint density at radius 3 is 2.13 bits per heavy atom. The van der Waals surface area contributed by atoms with E-state index in [9.17, 15) is 14.4 Å². The summed E-state index contributed by atoms with van der Waals surface area (Å²) in [7, 11) is 0. The molecule has 0 bridgehead atoms. The molecule has 3 rings (SSSR count). The lowest BCUT2D eigenvalue weighted by Crippen LogP contribution is -2.33. The van der Waals surface area contributed by atoms with Gasteiger partial charge in [0.15, 0.2) is 0 Å². The molecular formula is C23H29N3O4S. The number of alkyl carbamates (subject to hydrolysis) is 1. The first-order valence-corrected chi connectivity index (χ1v) is 10.1. The lowest BCUT2D eigenvalue weighted by Gasteiger charge is -2.15. The van der Waals surface area contributed by atoms with Crippen molar-refractivity contribution in [3.05, 3.63) is 59.7 Å². The molecule has 8 heteroatoms. The summed E-state index contributed by atoms with van der Waals surface area (Å²) in [4.78, 5) is 34.6. The van der Waals surface area contributed by atoms with Gasteiger partial charge in [-0.1, -0.05) is 48.5 Å². The average molecular weight is 444 g/mol. The number of Topliss-reactive ketones (excluding diaryl/α,β-unsaturated/α-hetero) is 1. The van der Waals surface area contributed by atoms with E-state index in [0.717, 1.165) is 11.1 Å². The van der Waals surface area contributed by atoms with Crippen LogP contribution in [0.2, 0.25) is 0 Å². The van der Waals surface area contributed by atoms with Gasteiger partial charge < -0.3 is 21.5 Å². The third kappa shape index (κ3) is 6.32. The third-order valence-corrected chi connectivity index (χ3v) is 5.34. The van der Waals surface area contributed by atoms with Crippen LogP contribution in [-0.4, -0.2) is 37.0 Å². The summed E-state index contributed by atoms with van der Waals surface area (Å²) in [5.41, 5.74) is 15.5. The fraction of sp³-hybridized carbons (Fsp3) is 0.348. The first-order valence-electron chi connectivity index (χ1n) is 10.1. The number of carbonyl (C=O) groups excluding carboxylic acids is 3. The predicted molar refractivity (Wildman–Crippen MR) is 124 cm³/mol. The fourth-order valence-electron chi connectivity index (χ4n) is 3.75. The van der Waals surface area contributed by atoms with Gasteiger partial charge in [-0.15, -0.1) is 0 Å². The molecule has 1 atom stereocenters. The predicted octanol–water partition coefficient (Wildman–Crippen LogP) is 2.58. The van der Waals surface area contributed by atoms with Gasteiger partial charge in [0.1, 0.15) is 12.4 Å². The minimum atomic E-state index is -0.659. The standard InChI is InChI=1S/C23H27N3O4.H2S/c24-20(21(27)11-12-22(25)28)10-5-13-26-23(29)30-14-19-17-8-3-1-6-15(17)16-7-2-4-9-18(16)19;/h1-4,6-9,19-20H,5,10-14,24H2,(H2,25,28)(H,26,29);1H2/t20-;/m0./s1. The highest BCUT2D eigenvalue weighted by atomic mass is 32.1. The van der Waals surface area contributed by atoms with E-state index in [1.807, 2.05) is 24.3 Å². The number of ketones is 1. The number of nitrogens with one attached hydrogen (secondary N) is 1. The number of fused-ring (bicyclic) bond motifs is 3. The number of ether oxygens (including phenoxy) is 1. The summed E-state index contributed by atoms with van der Waals surface area (Å²) in [6.45, 7) is 0.610. The second-order valence-corrected chi connectivity index (χ2v) is 7.43. The van der Waals surface area contributed by atoms with Crippen LogP contribution in [0.1, 0.15) is 42.7 Å². The van der Waals surface area contributed by atoms with Gasteiger partial charge in [-0.3, -0.25) is 9.59 Å². The molecule has 31 heavy (non-hydrogen) atoms. The minimum Gasteiger partial charge on any atom is -0.449 e. The number of amides is 2. The summed E-state index contributed by atoms with van der Waals surface area (Å²) in [6.07, 6.45) is 0.515. The maximum atomic E-state index is 12.1. The lowest BCUT2D eigenvalue weighted by atomic mass is 9.98. The molecule has 0 radical (unpaired) electrons. The molecule has 0 saturated carbocycles. The molecule has 0 aliphatic heterocycles. The topological polar surface area (TPSA) is 125 Å². The molecule has 2 aromatic carbocycles. The maximum Gasteiger partial charge on any atom is 0.407 e. The normalized spacial score (nSPS) is 12.8. The Kier molecular flexibility index (Phi) is 9.08. The quantitative estimate of drug-likeness (QED) is 0.487. The smallest absolute Gasteiger partial charge is 0.407 e. The molecule has 2 amide bonds. The maximum absolute atomic E-state index is 12.1. The number of hydrogen-bond donors (Lipinski definition) is 3. The third-order valence-electron chi connectivity index (χ3n) is 5.34. The molecule has 0 spiro atoms. The fourth-order valence-corrected chi connectivity index (χ4v) is 3.75. The van der Waals surface area contributed by atoms with Crippen LogP contribution in [0, 0.1) is 0 Å².